The Labute approximate surface area is 187 Å². The van der Waals surface area contributed by atoms with Crippen molar-refractivity contribution in [2.24, 2.45) is 0 Å². The molecule has 0 bridgehead atoms. The fourth-order valence-corrected chi connectivity index (χ4v) is 4.93. The highest BCUT2D eigenvalue weighted by molar-refractivity contribution is 7.98. The van der Waals surface area contributed by atoms with Gasteiger partial charge in [-0.05, 0) is 50.2 Å². The number of methoxy groups -OCH3 is 1. The molecule has 3 aromatic rings. The van der Waals surface area contributed by atoms with Crippen LogP contribution in [0.2, 0.25) is 0 Å². The number of likely N-dealkylation sites (tertiary alicyclic amines) is 1. The second-order valence-electron chi connectivity index (χ2n) is 7.59. The topological polar surface area (TPSA) is 54.7 Å². The predicted octanol–water partition coefficient (Wildman–Crippen LogP) is 5.15. The zero-order valence-corrected chi connectivity index (χ0v) is 18.6. The molecule has 1 aliphatic heterocycles. The van der Waals surface area contributed by atoms with Gasteiger partial charge in [-0.2, -0.15) is 0 Å². The maximum atomic E-state index is 13.0. The van der Waals surface area contributed by atoms with Gasteiger partial charge in [0.1, 0.15) is 5.75 Å². The van der Waals surface area contributed by atoms with Crippen molar-refractivity contribution in [3.8, 4) is 5.75 Å². The van der Waals surface area contributed by atoms with Gasteiger partial charge in [0.25, 0.3) is 5.91 Å². The molecule has 5 nitrogen and oxygen atoms in total. The van der Waals surface area contributed by atoms with Crippen LogP contribution in [-0.2, 0) is 5.75 Å². The number of rotatable bonds is 9. The van der Waals surface area contributed by atoms with Crippen LogP contribution < -0.4 is 10.1 Å². The predicted molar refractivity (Wildman–Crippen MR) is 124 cm³/mol. The van der Waals surface area contributed by atoms with Gasteiger partial charge >= 0.3 is 0 Å². The van der Waals surface area contributed by atoms with E-state index in [1.165, 1.54) is 17.7 Å². The Morgan fingerprint density at radius 3 is 2.61 bits per heavy atom. The Kier molecular flexibility index (Phi) is 7.33. The van der Waals surface area contributed by atoms with Crippen molar-refractivity contribution in [1.82, 2.24) is 10.2 Å². The summed E-state index contributed by atoms with van der Waals surface area (Å²) in [4.78, 5) is 16.6. The summed E-state index contributed by atoms with van der Waals surface area (Å²) in [6.45, 7) is 2.56. The van der Waals surface area contributed by atoms with E-state index in [1.807, 2.05) is 42.5 Å². The number of hydrogen-bond acceptors (Lipinski definition) is 5. The third-order valence-corrected chi connectivity index (χ3v) is 6.69. The lowest BCUT2D eigenvalue weighted by atomic mass is 10.0. The van der Waals surface area contributed by atoms with E-state index in [9.17, 15) is 4.79 Å². The summed E-state index contributed by atoms with van der Waals surface area (Å²) in [5.74, 6) is 1.76. The van der Waals surface area contributed by atoms with E-state index in [2.05, 4.69) is 28.4 Å². The molecular formula is C25H28N2O3S. The summed E-state index contributed by atoms with van der Waals surface area (Å²) >= 11 is 1.69. The van der Waals surface area contributed by atoms with Gasteiger partial charge in [-0.25, -0.2) is 0 Å². The number of furan rings is 1. The van der Waals surface area contributed by atoms with Crippen molar-refractivity contribution in [2.45, 2.75) is 29.5 Å². The van der Waals surface area contributed by atoms with Crippen LogP contribution in [0.4, 0.5) is 0 Å². The van der Waals surface area contributed by atoms with Crippen molar-refractivity contribution in [1.29, 1.82) is 0 Å². The zero-order chi connectivity index (χ0) is 21.5. The maximum absolute atomic E-state index is 13.0. The van der Waals surface area contributed by atoms with Crippen molar-refractivity contribution >= 4 is 17.7 Å². The number of ether oxygens (including phenoxy) is 1. The van der Waals surface area contributed by atoms with Gasteiger partial charge in [0.05, 0.1) is 19.4 Å². The number of nitrogens with zero attached hydrogens (tertiary/aromatic N) is 1. The van der Waals surface area contributed by atoms with E-state index < -0.39 is 0 Å². The monoisotopic (exact) mass is 436 g/mol. The summed E-state index contributed by atoms with van der Waals surface area (Å²) in [5, 5.41) is 3.11. The molecule has 0 saturated carbocycles. The number of hydrogen-bond donors (Lipinski definition) is 1. The second-order valence-corrected chi connectivity index (χ2v) is 8.64. The van der Waals surface area contributed by atoms with Gasteiger partial charge in [-0.15, -0.1) is 11.8 Å². The molecule has 1 fully saturated rings. The van der Waals surface area contributed by atoms with Crippen LogP contribution in [0.5, 0.6) is 5.75 Å². The highest BCUT2D eigenvalue weighted by atomic mass is 32.2. The molecule has 162 valence electrons. The van der Waals surface area contributed by atoms with Gasteiger partial charge in [0.15, 0.2) is 5.76 Å². The zero-order valence-electron chi connectivity index (χ0n) is 17.8. The molecule has 1 atom stereocenters. The lowest BCUT2D eigenvalue weighted by Crippen LogP contribution is -2.37. The molecule has 1 aliphatic rings. The molecule has 0 spiro atoms. The minimum Gasteiger partial charge on any atom is -0.496 e. The third-order valence-electron chi connectivity index (χ3n) is 5.63. The fraction of sp³-hybridized carbons (Fsp3) is 0.320. The Balaban J connectivity index is 1.44. The summed E-state index contributed by atoms with van der Waals surface area (Å²) < 4.78 is 11.2. The number of nitrogens with one attached hydrogen (secondary N) is 1. The Morgan fingerprint density at radius 2 is 1.84 bits per heavy atom. The number of amides is 1. The average molecular weight is 437 g/mol. The highest BCUT2D eigenvalue weighted by Crippen LogP contribution is 2.31. The molecule has 2 aromatic carbocycles. The first-order valence-electron chi connectivity index (χ1n) is 10.7. The number of carbonyl (C=O) groups is 1. The van der Waals surface area contributed by atoms with Gasteiger partial charge in [-0.1, -0.05) is 36.4 Å². The van der Waals surface area contributed by atoms with E-state index in [0.717, 1.165) is 30.0 Å². The van der Waals surface area contributed by atoms with Gasteiger partial charge in [0, 0.05) is 28.3 Å². The standard InChI is InChI=1S/C25H28N2O3S/c1-29-23-12-6-5-11-21(23)22(27-14-7-8-15-27)17-26-25(28)24-19(13-16-30-24)18-31-20-9-3-2-4-10-20/h2-6,9-13,16,22H,7-8,14-15,17-18H2,1H3,(H,26,28). The van der Waals surface area contributed by atoms with Crippen molar-refractivity contribution in [3.05, 3.63) is 83.8 Å². The Bertz CT molecular complexity index is 983. The van der Waals surface area contributed by atoms with Crippen molar-refractivity contribution < 1.29 is 13.9 Å². The number of thioether (sulfide) groups is 1. The highest BCUT2D eigenvalue weighted by Gasteiger charge is 2.27. The van der Waals surface area contributed by atoms with Crippen LogP contribution in [0.15, 0.2) is 76.2 Å². The summed E-state index contributed by atoms with van der Waals surface area (Å²) in [7, 11) is 1.69. The maximum Gasteiger partial charge on any atom is 0.287 e. The van der Waals surface area contributed by atoms with Crippen LogP contribution in [0.25, 0.3) is 0 Å². The number of benzene rings is 2. The second kappa shape index (κ2) is 10.6. The lowest BCUT2D eigenvalue weighted by molar-refractivity contribution is 0.0908. The number of para-hydroxylation sites is 1. The lowest BCUT2D eigenvalue weighted by Gasteiger charge is -2.29. The van der Waals surface area contributed by atoms with Gasteiger partial charge in [0.2, 0.25) is 0 Å². The Morgan fingerprint density at radius 1 is 1.10 bits per heavy atom. The molecule has 0 aliphatic carbocycles. The quantitative estimate of drug-likeness (QED) is 0.470. The van der Waals surface area contributed by atoms with Crippen LogP contribution >= 0.6 is 11.8 Å². The van der Waals surface area contributed by atoms with Gasteiger partial charge in [-0.3, -0.25) is 9.69 Å². The fourth-order valence-electron chi connectivity index (χ4n) is 4.03. The van der Waals surface area contributed by atoms with Crippen LogP contribution in [0, 0.1) is 0 Å². The molecule has 1 amide bonds. The van der Waals surface area contributed by atoms with Crippen LogP contribution in [-0.4, -0.2) is 37.6 Å². The molecular weight excluding hydrogens is 408 g/mol. The summed E-state index contributed by atoms with van der Waals surface area (Å²) in [6, 6.07) is 20.2. The van der Waals surface area contributed by atoms with E-state index in [0.29, 0.717) is 18.1 Å². The summed E-state index contributed by atoms with van der Waals surface area (Å²) in [5.41, 5.74) is 2.01. The van der Waals surface area contributed by atoms with Crippen molar-refractivity contribution in [3.63, 3.8) is 0 Å². The third kappa shape index (κ3) is 5.32. The summed E-state index contributed by atoms with van der Waals surface area (Å²) in [6.07, 6.45) is 3.95. The molecule has 1 unspecified atom stereocenters. The SMILES string of the molecule is COc1ccccc1C(CNC(=O)c1occc1CSc1ccccc1)N1CCCC1. The first kappa shape index (κ1) is 21.5. The van der Waals surface area contributed by atoms with E-state index in [4.69, 9.17) is 9.15 Å². The smallest absolute Gasteiger partial charge is 0.287 e. The molecule has 31 heavy (non-hydrogen) atoms. The molecule has 2 heterocycles. The molecule has 6 heteroatoms. The van der Waals surface area contributed by atoms with Crippen LogP contribution in [0.3, 0.4) is 0 Å². The first-order valence-corrected chi connectivity index (χ1v) is 11.6. The number of carbonyl (C=O) groups excluding carboxylic acids is 1. The minimum atomic E-state index is -0.173. The molecule has 1 saturated heterocycles. The van der Waals surface area contributed by atoms with Crippen LogP contribution in [0.1, 0.15) is 40.6 Å². The molecule has 1 aromatic heterocycles. The molecule has 0 radical (unpaired) electrons. The van der Waals surface area contributed by atoms with Crippen molar-refractivity contribution in [2.75, 3.05) is 26.7 Å². The van der Waals surface area contributed by atoms with Gasteiger partial charge < -0.3 is 14.5 Å². The largest absolute Gasteiger partial charge is 0.496 e. The average Bonchev–Trinajstić information content (AvgIpc) is 3.51. The molecule has 1 N–H and O–H groups in total. The van der Waals surface area contributed by atoms with E-state index in [-0.39, 0.29) is 11.9 Å². The Hall–Kier alpha value is -2.70. The minimum absolute atomic E-state index is 0.0692. The first-order chi connectivity index (χ1) is 15.3. The molecule has 4 rings (SSSR count). The van der Waals surface area contributed by atoms with E-state index >= 15 is 0 Å². The normalized spacial score (nSPS) is 15.0. The van der Waals surface area contributed by atoms with E-state index in [1.54, 1.807) is 25.1 Å².